The van der Waals surface area contributed by atoms with Gasteiger partial charge >= 0.3 is 0 Å². The van der Waals surface area contributed by atoms with Crippen LogP contribution < -0.4 is 5.73 Å². The SMILES string of the molecule is CCC(N)c1cccc(-c2ccccc2Cl)c1. The Kier molecular flexibility index (Phi) is 3.82. The molecule has 0 saturated carbocycles. The first kappa shape index (κ1) is 12.2. The van der Waals surface area contributed by atoms with E-state index in [1.165, 1.54) is 0 Å². The van der Waals surface area contributed by atoms with Crippen LogP contribution in [0.3, 0.4) is 0 Å². The Labute approximate surface area is 107 Å². The van der Waals surface area contributed by atoms with Gasteiger partial charge in [0.2, 0.25) is 0 Å². The van der Waals surface area contributed by atoms with Crippen LogP contribution in [0.4, 0.5) is 0 Å². The van der Waals surface area contributed by atoms with Gasteiger partial charge in [-0.25, -0.2) is 0 Å². The Morgan fingerprint density at radius 1 is 1.12 bits per heavy atom. The van der Waals surface area contributed by atoms with Crippen molar-refractivity contribution in [3.63, 3.8) is 0 Å². The van der Waals surface area contributed by atoms with Crippen molar-refractivity contribution in [2.24, 2.45) is 5.73 Å². The zero-order valence-corrected chi connectivity index (χ0v) is 10.6. The van der Waals surface area contributed by atoms with E-state index in [2.05, 4.69) is 25.1 Å². The fraction of sp³-hybridized carbons (Fsp3) is 0.200. The van der Waals surface area contributed by atoms with Crippen molar-refractivity contribution in [3.05, 3.63) is 59.1 Å². The van der Waals surface area contributed by atoms with Crippen LogP contribution in [-0.2, 0) is 0 Å². The van der Waals surface area contributed by atoms with Crippen LogP contribution in [0.2, 0.25) is 5.02 Å². The van der Waals surface area contributed by atoms with Gasteiger partial charge in [-0.1, -0.05) is 54.9 Å². The molecule has 1 unspecified atom stereocenters. The van der Waals surface area contributed by atoms with Gasteiger partial charge in [0.1, 0.15) is 0 Å². The highest BCUT2D eigenvalue weighted by Gasteiger charge is 2.06. The molecule has 0 spiro atoms. The van der Waals surface area contributed by atoms with Gasteiger partial charge in [-0.15, -0.1) is 0 Å². The molecule has 2 rings (SSSR count). The van der Waals surface area contributed by atoms with E-state index in [9.17, 15) is 0 Å². The number of rotatable bonds is 3. The molecule has 0 aromatic heterocycles. The predicted molar refractivity (Wildman–Crippen MR) is 74.1 cm³/mol. The Morgan fingerprint density at radius 3 is 2.59 bits per heavy atom. The maximum Gasteiger partial charge on any atom is 0.0484 e. The highest BCUT2D eigenvalue weighted by Crippen LogP contribution is 2.29. The summed E-state index contributed by atoms with van der Waals surface area (Å²) in [6.07, 6.45) is 0.936. The van der Waals surface area contributed by atoms with E-state index < -0.39 is 0 Å². The van der Waals surface area contributed by atoms with Gasteiger partial charge in [0.05, 0.1) is 0 Å². The molecule has 88 valence electrons. The summed E-state index contributed by atoms with van der Waals surface area (Å²) < 4.78 is 0. The summed E-state index contributed by atoms with van der Waals surface area (Å²) in [5, 5.41) is 0.773. The van der Waals surface area contributed by atoms with Crippen LogP contribution >= 0.6 is 11.6 Å². The fourth-order valence-electron chi connectivity index (χ4n) is 1.87. The van der Waals surface area contributed by atoms with Crippen molar-refractivity contribution < 1.29 is 0 Å². The van der Waals surface area contributed by atoms with Gasteiger partial charge in [-0.05, 0) is 29.7 Å². The van der Waals surface area contributed by atoms with Crippen LogP contribution in [0.25, 0.3) is 11.1 Å². The summed E-state index contributed by atoms with van der Waals surface area (Å²) in [4.78, 5) is 0. The number of hydrogen-bond acceptors (Lipinski definition) is 1. The molecular formula is C15H16ClN. The molecule has 0 heterocycles. The summed E-state index contributed by atoms with van der Waals surface area (Å²) >= 11 is 6.19. The summed E-state index contributed by atoms with van der Waals surface area (Å²) in [7, 11) is 0. The summed E-state index contributed by atoms with van der Waals surface area (Å²) in [6, 6.07) is 16.2. The number of nitrogens with two attached hydrogens (primary N) is 1. The monoisotopic (exact) mass is 245 g/mol. The third-order valence-corrected chi connectivity index (χ3v) is 3.27. The van der Waals surface area contributed by atoms with Crippen molar-refractivity contribution >= 4 is 11.6 Å². The molecule has 0 aliphatic rings. The second kappa shape index (κ2) is 5.35. The quantitative estimate of drug-likeness (QED) is 0.851. The minimum Gasteiger partial charge on any atom is -0.324 e. The molecule has 1 nitrogen and oxygen atoms in total. The Bertz CT molecular complexity index is 508. The van der Waals surface area contributed by atoms with Crippen LogP contribution in [0, 0.1) is 0 Å². The van der Waals surface area contributed by atoms with Crippen molar-refractivity contribution in [3.8, 4) is 11.1 Å². The van der Waals surface area contributed by atoms with E-state index in [1.54, 1.807) is 0 Å². The summed E-state index contributed by atoms with van der Waals surface area (Å²) in [6.45, 7) is 2.09. The highest BCUT2D eigenvalue weighted by molar-refractivity contribution is 6.33. The molecule has 0 fully saturated rings. The first-order chi connectivity index (χ1) is 8.22. The standard InChI is InChI=1S/C15H16ClN/c1-2-15(17)12-7-5-6-11(10-12)13-8-3-4-9-14(13)16/h3-10,15H,2,17H2,1H3. The molecule has 0 radical (unpaired) electrons. The van der Waals surface area contributed by atoms with Crippen molar-refractivity contribution in [2.75, 3.05) is 0 Å². The molecule has 0 aliphatic heterocycles. The van der Waals surface area contributed by atoms with Crippen LogP contribution in [0.15, 0.2) is 48.5 Å². The average Bonchev–Trinajstić information content (AvgIpc) is 2.38. The minimum absolute atomic E-state index is 0.0948. The van der Waals surface area contributed by atoms with E-state index in [4.69, 9.17) is 17.3 Å². The van der Waals surface area contributed by atoms with Gasteiger partial charge in [-0.2, -0.15) is 0 Å². The van der Waals surface area contributed by atoms with Gasteiger partial charge in [0.15, 0.2) is 0 Å². The zero-order valence-electron chi connectivity index (χ0n) is 9.86. The van der Waals surface area contributed by atoms with Crippen molar-refractivity contribution in [1.82, 2.24) is 0 Å². The molecule has 0 amide bonds. The van der Waals surface area contributed by atoms with Gasteiger partial charge < -0.3 is 5.73 Å². The molecule has 0 bridgehead atoms. The lowest BCUT2D eigenvalue weighted by Gasteiger charge is -2.11. The number of benzene rings is 2. The lowest BCUT2D eigenvalue weighted by molar-refractivity contribution is 0.699. The maximum atomic E-state index is 6.19. The first-order valence-electron chi connectivity index (χ1n) is 5.83. The lowest BCUT2D eigenvalue weighted by Crippen LogP contribution is -2.08. The lowest BCUT2D eigenvalue weighted by atomic mass is 9.99. The summed E-state index contributed by atoms with van der Waals surface area (Å²) in [5.41, 5.74) is 9.38. The number of hydrogen-bond donors (Lipinski definition) is 1. The van der Waals surface area contributed by atoms with E-state index >= 15 is 0 Å². The maximum absolute atomic E-state index is 6.19. The third-order valence-electron chi connectivity index (χ3n) is 2.94. The third kappa shape index (κ3) is 2.68. The molecule has 2 N–H and O–H groups in total. The molecule has 0 saturated heterocycles. The van der Waals surface area contributed by atoms with E-state index in [-0.39, 0.29) is 6.04 Å². The molecule has 2 heteroatoms. The van der Waals surface area contributed by atoms with Crippen LogP contribution in [0.1, 0.15) is 24.9 Å². The first-order valence-corrected chi connectivity index (χ1v) is 6.20. The second-order valence-electron chi connectivity index (χ2n) is 4.12. The van der Waals surface area contributed by atoms with Crippen LogP contribution in [0.5, 0.6) is 0 Å². The van der Waals surface area contributed by atoms with Gasteiger partial charge in [-0.3, -0.25) is 0 Å². The smallest absolute Gasteiger partial charge is 0.0484 e. The van der Waals surface area contributed by atoms with E-state index in [1.807, 2.05) is 30.3 Å². The van der Waals surface area contributed by atoms with Crippen molar-refractivity contribution in [1.29, 1.82) is 0 Å². The van der Waals surface area contributed by atoms with Gasteiger partial charge in [0, 0.05) is 16.6 Å². The second-order valence-corrected chi connectivity index (χ2v) is 4.53. The predicted octanol–water partition coefficient (Wildman–Crippen LogP) is 4.42. The molecule has 2 aromatic rings. The number of halogens is 1. The molecule has 17 heavy (non-hydrogen) atoms. The molecule has 0 aliphatic carbocycles. The minimum atomic E-state index is 0.0948. The zero-order chi connectivity index (χ0) is 12.3. The fourth-order valence-corrected chi connectivity index (χ4v) is 2.11. The Morgan fingerprint density at radius 2 is 1.88 bits per heavy atom. The Balaban J connectivity index is 2.43. The molecule has 1 atom stereocenters. The largest absolute Gasteiger partial charge is 0.324 e. The Hall–Kier alpha value is -1.31. The normalized spacial score (nSPS) is 12.4. The topological polar surface area (TPSA) is 26.0 Å². The van der Waals surface area contributed by atoms with E-state index in [0.717, 1.165) is 28.1 Å². The van der Waals surface area contributed by atoms with Crippen LogP contribution in [-0.4, -0.2) is 0 Å². The summed E-state index contributed by atoms with van der Waals surface area (Å²) in [5.74, 6) is 0. The molecular weight excluding hydrogens is 230 g/mol. The van der Waals surface area contributed by atoms with E-state index in [0.29, 0.717) is 0 Å². The van der Waals surface area contributed by atoms with Gasteiger partial charge in [0.25, 0.3) is 0 Å². The average molecular weight is 246 g/mol. The van der Waals surface area contributed by atoms with Crippen molar-refractivity contribution in [2.45, 2.75) is 19.4 Å². The molecule has 2 aromatic carbocycles. The highest BCUT2D eigenvalue weighted by atomic mass is 35.5.